The van der Waals surface area contributed by atoms with Gasteiger partial charge < -0.3 is 14.9 Å². The summed E-state index contributed by atoms with van der Waals surface area (Å²) < 4.78 is 0. The zero-order valence-corrected chi connectivity index (χ0v) is 15.9. The van der Waals surface area contributed by atoms with Crippen LogP contribution < -0.4 is 0 Å². The fourth-order valence-electron chi connectivity index (χ4n) is 4.51. The van der Waals surface area contributed by atoms with Crippen LogP contribution in [0.15, 0.2) is 30.3 Å². The van der Waals surface area contributed by atoms with Gasteiger partial charge in [0.15, 0.2) is 0 Å². The molecule has 146 valence electrons. The van der Waals surface area contributed by atoms with Crippen molar-refractivity contribution in [2.75, 3.05) is 26.7 Å². The van der Waals surface area contributed by atoms with E-state index in [0.717, 1.165) is 31.2 Å². The Labute approximate surface area is 160 Å². The molecule has 1 aliphatic heterocycles. The van der Waals surface area contributed by atoms with Crippen LogP contribution in [0.25, 0.3) is 0 Å². The highest BCUT2D eigenvalue weighted by Crippen LogP contribution is 2.42. The standard InChI is InChI=1S/C21H28N2O4/c1-22(15-18(24)23-13-7-8-16(14-23)19(25)26)20(27)21(11-5-6-12-21)17-9-3-2-4-10-17/h2-4,9-10,16H,5-8,11-15H2,1H3,(H,25,26). The molecule has 2 amide bonds. The first-order valence-corrected chi connectivity index (χ1v) is 9.76. The fraction of sp³-hybridized carbons (Fsp3) is 0.571. The van der Waals surface area contributed by atoms with E-state index in [0.29, 0.717) is 19.4 Å². The molecule has 6 heteroatoms. The van der Waals surface area contributed by atoms with Gasteiger partial charge in [-0.3, -0.25) is 14.4 Å². The predicted molar refractivity (Wildman–Crippen MR) is 101 cm³/mol. The minimum absolute atomic E-state index is 0.000242. The summed E-state index contributed by atoms with van der Waals surface area (Å²) in [6.07, 6.45) is 4.92. The Morgan fingerprint density at radius 3 is 2.44 bits per heavy atom. The number of amides is 2. The second-order valence-electron chi connectivity index (χ2n) is 7.83. The van der Waals surface area contributed by atoms with Gasteiger partial charge in [-0.05, 0) is 31.2 Å². The van der Waals surface area contributed by atoms with Crippen LogP contribution in [-0.4, -0.2) is 59.4 Å². The number of carboxylic acid groups (broad SMARTS) is 1. The normalized spacial score (nSPS) is 21.7. The van der Waals surface area contributed by atoms with E-state index >= 15 is 0 Å². The van der Waals surface area contributed by atoms with Crippen LogP contribution in [0.3, 0.4) is 0 Å². The summed E-state index contributed by atoms with van der Waals surface area (Å²) in [5.74, 6) is -1.54. The molecule has 1 unspecified atom stereocenters. The van der Waals surface area contributed by atoms with Gasteiger partial charge in [-0.1, -0.05) is 43.2 Å². The highest BCUT2D eigenvalue weighted by Gasteiger charge is 2.44. The topological polar surface area (TPSA) is 77.9 Å². The van der Waals surface area contributed by atoms with Gasteiger partial charge in [-0.25, -0.2) is 0 Å². The van der Waals surface area contributed by atoms with Crippen molar-refractivity contribution < 1.29 is 19.5 Å². The molecule has 0 aromatic heterocycles. The molecule has 1 aliphatic carbocycles. The summed E-state index contributed by atoms with van der Waals surface area (Å²) in [7, 11) is 1.68. The van der Waals surface area contributed by atoms with Crippen LogP contribution in [-0.2, 0) is 19.8 Å². The van der Waals surface area contributed by atoms with Gasteiger partial charge in [0, 0.05) is 20.1 Å². The Balaban J connectivity index is 1.69. The van der Waals surface area contributed by atoms with Crippen LogP contribution in [0.4, 0.5) is 0 Å². The lowest BCUT2D eigenvalue weighted by Crippen LogP contribution is -2.50. The number of rotatable bonds is 5. The first kappa shape index (κ1) is 19.4. The molecule has 27 heavy (non-hydrogen) atoms. The molecule has 1 aromatic rings. The Kier molecular flexibility index (Phi) is 5.82. The summed E-state index contributed by atoms with van der Waals surface area (Å²) in [5, 5.41) is 9.21. The second-order valence-corrected chi connectivity index (χ2v) is 7.83. The zero-order valence-electron chi connectivity index (χ0n) is 15.9. The van der Waals surface area contributed by atoms with Gasteiger partial charge in [0.1, 0.15) is 0 Å². The van der Waals surface area contributed by atoms with Crippen molar-refractivity contribution in [1.82, 2.24) is 9.80 Å². The molecule has 2 aliphatic rings. The van der Waals surface area contributed by atoms with Crippen molar-refractivity contribution in [2.45, 2.75) is 43.9 Å². The first-order valence-electron chi connectivity index (χ1n) is 9.76. The Morgan fingerprint density at radius 1 is 1.15 bits per heavy atom. The summed E-state index contributed by atoms with van der Waals surface area (Å²) in [5.41, 5.74) is 0.484. The molecule has 1 saturated heterocycles. The van der Waals surface area contributed by atoms with Crippen molar-refractivity contribution in [1.29, 1.82) is 0 Å². The predicted octanol–water partition coefficient (Wildman–Crippen LogP) is 2.28. The van der Waals surface area contributed by atoms with Gasteiger partial charge >= 0.3 is 5.97 Å². The number of hydrogen-bond acceptors (Lipinski definition) is 3. The Morgan fingerprint density at radius 2 is 1.81 bits per heavy atom. The van der Waals surface area contributed by atoms with Crippen LogP contribution >= 0.6 is 0 Å². The molecule has 0 radical (unpaired) electrons. The van der Waals surface area contributed by atoms with Crippen molar-refractivity contribution in [3.05, 3.63) is 35.9 Å². The maximum absolute atomic E-state index is 13.3. The summed E-state index contributed by atoms with van der Waals surface area (Å²) >= 11 is 0. The monoisotopic (exact) mass is 372 g/mol. The van der Waals surface area contributed by atoms with E-state index in [1.54, 1.807) is 11.9 Å². The van der Waals surface area contributed by atoms with E-state index in [2.05, 4.69) is 0 Å². The summed E-state index contributed by atoms with van der Waals surface area (Å²) in [6, 6.07) is 9.85. The molecule has 1 atom stereocenters. The van der Waals surface area contributed by atoms with Crippen LogP contribution in [0.5, 0.6) is 0 Å². The van der Waals surface area contributed by atoms with Crippen LogP contribution in [0, 0.1) is 5.92 Å². The van der Waals surface area contributed by atoms with E-state index in [-0.39, 0.29) is 24.9 Å². The van der Waals surface area contributed by atoms with Gasteiger partial charge in [0.25, 0.3) is 0 Å². The highest BCUT2D eigenvalue weighted by molar-refractivity contribution is 5.92. The largest absolute Gasteiger partial charge is 0.481 e. The lowest BCUT2D eigenvalue weighted by Gasteiger charge is -2.35. The number of carbonyl (C=O) groups is 3. The van der Waals surface area contributed by atoms with E-state index in [1.165, 1.54) is 4.90 Å². The van der Waals surface area contributed by atoms with E-state index < -0.39 is 17.3 Å². The zero-order chi connectivity index (χ0) is 19.4. The van der Waals surface area contributed by atoms with Crippen molar-refractivity contribution in [3.8, 4) is 0 Å². The molecule has 0 spiro atoms. The number of carboxylic acids is 1. The fourth-order valence-corrected chi connectivity index (χ4v) is 4.51. The summed E-state index contributed by atoms with van der Waals surface area (Å²) in [4.78, 5) is 40.3. The van der Waals surface area contributed by atoms with Crippen molar-refractivity contribution in [3.63, 3.8) is 0 Å². The number of piperidine rings is 1. The number of hydrogen-bond donors (Lipinski definition) is 1. The Bertz CT molecular complexity index is 697. The maximum atomic E-state index is 13.3. The molecular formula is C21H28N2O4. The quantitative estimate of drug-likeness (QED) is 0.860. The lowest BCUT2D eigenvalue weighted by atomic mass is 9.77. The van der Waals surface area contributed by atoms with Crippen LogP contribution in [0.1, 0.15) is 44.1 Å². The number of likely N-dealkylation sites (N-methyl/N-ethyl adjacent to an activating group) is 1. The molecule has 1 saturated carbocycles. The third-order valence-corrected chi connectivity index (χ3v) is 6.04. The summed E-state index contributed by atoms with van der Waals surface area (Å²) in [6.45, 7) is 0.800. The Hall–Kier alpha value is -2.37. The smallest absolute Gasteiger partial charge is 0.308 e. The number of aliphatic carboxylic acids is 1. The molecule has 2 fully saturated rings. The molecule has 1 aromatic carbocycles. The van der Waals surface area contributed by atoms with Gasteiger partial charge in [0.2, 0.25) is 11.8 Å². The van der Waals surface area contributed by atoms with Gasteiger partial charge in [0.05, 0.1) is 17.9 Å². The molecule has 0 bridgehead atoms. The highest BCUT2D eigenvalue weighted by atomic mass is 16.4. The molecule has 1 N–H and O–H groups in total. The maximum Gasteiger partial charge on any atom is 0.308 e. The number of carbonyl (C=O) groups excluding carboxylic acids is 2. The minimum Gasteiger partial charge on any atom is -0.481 e. The van der Waals surface area contributed by atoms with Crippen LogP contribution in [0.2, 0.25) is 0 Å². The first-order chi connectivity index (χ1) is 12.9. The average Bonchev–Trinajstić information content (AvgIpc) is 3.19. The number of likely N-dealkylation sites (tertiary alicyclic amines) is 1. The second kappa shape index (κ2) is 8.11. The van der Waals surface area contributed by atoms with Gasteiger partial charge in [-0.2, -0.15) is 0 Å². The number of nitrogens with zero attached hydrogens (tertiary/aromatic N) is 2. The third kappa shape index (κ3) is 3.99. The molecule has 3 rings (SSSR count). The minimum atomic E-state index is -0.856. The number of benzene rings is 1. The van der Waals surface area contributed by atoms with Crippen molar-refractivity contribution >= 4 is 17.8 Å². The average molecular weight is 372 g/mol. The third-order valence-electron chi connectivity index (χ3n) is 6.04. The van der Waals surface area contributed by atoms with Gasteiger partial charge in [-0.15, -0.1) is 0 Å². The molecular weight excluding hydrogens is 344 g/mol. The lowest BCUT2D eigenvalue weighted by molar-refractivity contribution is -0.148. The van der Waals surface area contributed by atoms with E-state index in [9.17, 15) is 19.5 Å². The SMILES string of the molecule is CN(CC(=O)N1CCCC(C(=O)O)C1)C(=O)C1(c2ccccc2)CCCC1. The van der Waals surface area contributed by atoms with E-state index in [4.69, 9.17) is 0 Å². The van der Waals surface area contributed by atoms with Crippen molar-refractivity contribution in [2.24, 2.45) is 5.92 Å². The molecule has 1 heterocycles. The molecule has 6 nitrogen and oxygen atoms in total. The van der Waals surface area contributed by atoms with E-state index in [1.807, 2.05) is 30.3 Å².